The zero-order valence-electron chi connectivity index (χ0n) is 16.6. The molecule has 0 radical (unpaired) electrons. The first-order valence-corrected chi connectivity index (χ1v) is 9.47. The van der Waals surface area contributed by atoms with Gasteiger partial charge in [0.05, 0.1) is 24.0 Å². The zero-order valence-corrected chi connectivity index (χ0v) is 16.6. The van der Waals surface area contributed by atoms with E-state index in [9.17, 15) is 14.0 Å². The number of halogens is 1. The van der Waals surface area contributed by atoms with E-state index >= 15 is 0 Å². The Morgan fingerprint density at radius 3 is 2.87 bits per heavy atom. The summed E-state index contributed by atoms with van der Waals surface area (Å²) >= 11 is 0. The molecule has 0 fully saturated rings. The molecule has 0 spiro atoms. The highest BCUT2D eigenvalue weighted by Gasteiger charge is 2.37. The highest BCUT2D eigenvalue weighted by atomic mass is 19.1. The first kappa shape index (κ1) is 19.7. The number of methoxy groups -OCH3 is 1. The number of nitrogens with one attached hydrogen (secondary N) is 1. The third-order valence-corrected chi connectivity index (χ3v) is 5.22. The van der Waals surface area contributed by atoms with Crippen molar-refractivity contribution in [2.45, 2.75) is 31.8 Å². The number of rotatable bonds is 4. The first-order valence-electron chi connectivity index (χ1n) is 9.47. The molecule has 9 heteroatoms. The van der Waals surface area contributed by atoms with Gasteiger partial charge in [-0.1, -0.05) is 6.07 Å². The van der Waals surface area contributed by atoms with E-state index in [1.165, 1.54) is 42.3 Å². The van der Waals surface area contributed by atoms with Gasteiger partial charge in [0.1, 0.15) is 29.3 Å². The molecule has 1 unspecified atom stereocenters. The van der Waals surface area contributed by atoms with E-state index in [1.807, 2.05) is 0 Å². The van der Waals surface area contributed by atoms with E-state index in [2.05, 4.69) is 20.3 Å². The van der Waals surface area contributed by atoms with Gasteiger partial charge in [-0.3, -0.25) is 14.2 Å². The maximum atomic E-state index is 14.4. The fourth-order valence-electron chi connectivity index (χ4n) is 3.75. The minimum absolute atomic E-state index is 0.131. The Morgan fingerprint density at radius 1 is 1.30 bits per heavy atom. The van der Waals surface area contributed by atoms with Gasteiger partial charge in [0.15, 0.2) is 0 Å². The van der Waals surface area contributed by atoms with Crippen molar-refractivity contribution < 1.29 is 13.9 Å². The van der Waals surface area contributed by atoms with Crippen LogP contribution < -0.4 is 15.6 Å². The predicted octanol–water partition coefficient (Wildman–Crippen LogP) is 2.29. The molecular weight excluding hydrogens is 389 g/mol. The van der Waals surface area contributed by atoms with Gasteiger partial charge in [-0.15, -0.1) is 0 Å². The topological polar surface area (TPSA) is 99.0 Å². The van der Waals surface area contributed by atoms with Crippen LogP contribution in [0.1, 0.15) is 35.9 Å². The van der Waals surface area contributed by atoms with E-state index in [4.69, 9.17) is 4.74 Å². The monoisotopic (exact) mass is 409 g/mol. The van der Waals surface area contributed by atoms with Crippen LogP contribution in [-0.4, -0.2) is 32.5 Å². The maximum Gasteiger partial charge on any atom is 0.258 e. The largest absolute Gasteiger partial charge is 0.496 e. The Bertz CT molecular complexity index is 1170. The third-order valence-electron chi connectivity index (χ3n) is 5.22. The van der Waals surface area contributed by atoms with Crippen molar-refractivity contribution in [2.24, 2.45) is 0 Å². The molecule has 1 aromatic carbocycles. The Morgan fingerprint density at radius 2 is 2.13 bits per heavy atom. The lowest BCUT2D eigenvalue weighted by Gasteiger charge is -2.36. The quantitative estimate of drug-likeness (QED) is 0.710. The van der Waals surface area contributed by atoms with Crippen molar-refractivity contribution in [1.29, 1.82) is 0 Å². The summed E-state index contributed by atoms with van der Waals surface area (Å²) in [6.07, 6.45) is 4.13. The molecule has 0 bridgehead atoms. The Hall–Kier alpha value is -3.62. The average molecular weight is 409 g/mol. The summed E-state index contributed by atoms with van der Waals surface area (Å²) in [6.45, 7) is 2.26. The number of benzene rings is 1. The number of hydrogen-bond donors (Lipinski definition) is 1. The number of ether oxygens (including phenoxy) is 1. The minimum atomic E-state index is -0.981. The molecule has 4 rings (SSSR count). The van der Waals surface area contributed by atoms with Crippen LogP contribution in [0.3, 0.4) is 0 Å². The second kappa shape index (κ2) is 7.66. The number of carbonyl (C=O) groups is 1. The van der Waals surface area contributed by atoms with Gasteiger partial charge < -0.3 is 10.1 Å². The molecule has 8 nitrogen and oxygen atoms in total. The summed E-state index contributed by atoms with van der Waals surface area (Å²) in [4.78, 5) is 38.4. The molecule has 0 aliphatic carbocycles. The molecular formula is C21H20FN5O3. The van der Waals surface area contributed by atoms with Crippen LogP contribution in [0.4, 0.5) is 4.39 Å². The second-order valence-corrected chi connectivity index (χ2v) is 7.26. The van der Waals surface area contributed by atoms with Crippen LogP contribution in [0.15, 0.2) is 47.7 Å². The second-order valence-electron chi connectivity index (χ2n) is 7.26. The summed E-state index contributed by atoms with van der Waals surface area (Å²) in [5, 5.41) is 2.88. The predicted molar refractivity (Wildman–Crippen MR) is 107 cm³/mol. The van der Waals surface area contributed by atoms with Gasteiger partial charge in [-0.2, -0.15) is 0 Å². The van der Waals surface area contributed by atoms with Gasteiger partial charge in [0.25, 0.3) is 11.5 Å². The fraction of sp³-hybridized carbons (Fsp3) is 0.286. The minimum Gasteiger partial charge on any atom is -0.496 e. The smallest absolute Gasteiger partial charge is 0.258 e. The lowest BCUT2D eigenvalue weighted by molar-refractivity contribution is 0.0873. The molecule has 3 aromatic rings. The first-order chi connectivity index (χ1) is 14.4. The molecule has 1 N–H and O–H groups in total. The fourth-order valence-corrected chi connectivity index (χ4v) is 3.75. The van der Waals surface area contributed by atoms with Crippen molar-refractivity contribution >= 4 is 5.91 Å². The molecule has 3 heterocycles. The van der Waals surface area contributed by atoms with E-state index < -0.39 is 17.3 Å². The van der Waals surface area contributed by atoms with Gasteiger partial charge >= 0.3 is 0 Å². The van der Waals surface area contributed by atoms with Gasteiger partial charge in [0, 0.05) is 18.8 Å². The van der Waals surface area contributed by atoms with E-state index in [-0.39, 0.29) is 16.9 Å². The van der Waals surface area contributed by atoms with Gasteiger partial charge in [-0.05, 0) is 38.0 Å². The summed E-state index contributed by atoms with van der Waals surface area (Å²) in [6, 6.07) is 7.26. The van der Waals surface area contributed by atoms with Crippen LogP contribution >= 0.6 is 0 Å². The highest BCUT2D eigenvalue weighted by molar-refractivity contribution is 5.97. The van der Waals surface area contributed by atoms with E-state index in [0.717, 1.165) is 0 Å². The van der Waals surface area contributed by atoms with E-state index in [0.29, 0.717) is 36.6 Å². The van der Waals surface area contributed by atoms with Gasteiger partial charge in [-0.25, -0.2) is 19.3 Å². The number of fused-ring (bicyclic) bond motifs is 1. The molecule has 2 aromatic heterocycles. The van der Waals surface area contributed by atoms with E-state index in [1.54, 1.807) is 19.2 Å². The Kier molecular flexibility index (Phi) is 5.03. The molecule has 1 amide bonds. The summed E-state index contributed by atoms with van der Waals surface area (Å²) < 4.78 is 21.1. The zero-order chi connectivity index (χ0) is 21.3. The average Bonchev–Trinajstić information content (AvgIpc) is 2.74. The van der Waals surface area contributed by atoms with Crippen molar-refractivity contribution in [3.63, 3.8) is 0 Å². The van der Waals surface area contributed by atoms with Crippen LogP contribution in [0.5, 0.6) is 5.75 Å². The third kappa shape index (κ3) is 3.42. The highest BCUT2D eigenvalue weighted by Crippen LogP contribution is 2.31. The number of hydrogen-bond acceptors (Lipinski definition) is 6. The lowest BCUT2D eigenvalue weighted by Crippen LogP contribution is -2.50. The van der Waals surface area contributed by atoms with Crippen LogP contribution in [-0.2, 0) is 12.1 Å². The van der Waals surface area contributed by atoms with Crippen LogP contribution in [0.25, 0.3) is 11.4 Å². The molecule has 0 saturated heterocycles. The number of aromatic nitrogens is 4. The van der Waals surface area contributed by atoms with Crippen LogP contribution in [0.2, 0.25) is 0 Å². The summed E-state index contributed by atoms with van der Waals surface area (Å²) in [7, 11) is 1.37. The summed E-state index contributed by atoms with van der Waals surface area (Å²) in [5.74, 6) is -0.792. The number of amides is 1. The molecule has 30 heavy (non-hydrogen) atoms. The maximum absolute atomic E-state index is 14.4. The lowest BCUT2D eigenvalue weighted by atomic mass is 9.90. The SMILES string of the molecule is COc1cccc(F)c1C(=O)NC1(C)CCCn2c1nc(-c1ccncn1)cc2=O. The molecule has 1 aliphatic heterocycles. The van der Waals surface area contributed by atoms with Crippen molar-refractivity contribution in [1.82, 2.24) is 24.8 Å². The molecule has 0 saturated carbocycles. The molecule has 154 valence electrons. The Balaban J connectivity index is 1.77. The molecule has 1 atom stereocenters. The Labute approximate surface area is 171 Å². The van der Waals surface area contributed by atoms with Crippen molar-refractivity contribution in [3.05, 3.63) is 70.4 Å². The standard InChI is InChI=1S/C21H20FN5O3/c1-21(26-19(29)18-13(22)5-3-6-16(18)30-2)8-4-10-27-17(28)11-15(25-20(21)27)14-7-9-23-12-24-14/h3,5-7,9,11-12H,4,8,10H2,1-2H3,(H,26,29). The number of carbonyl (C=O) groups excluding carboxylic acids is 1. The van der Waals surface area contributed by atoms with Gasteiger partial charge in [0.2, 0.25) is 0 Å². The normalized spacial score (nSPS) is 17.8. The van der Waals surface area contributed by atoms with Crippen molar-refractivity contribution in [2.75, 3.05) is 7.11 Å². The molecule has 1 aliphatic rings. The van der Waals surface area contributed by atoms with Crippen molar-refractivity contribution in [3.8, 4) is 17.1 Å². The van der Waals surface area contributed by atoms with Crippen LogP contribution in [0, 0.1) is 5.82 Å². The summed E-state index contributed by atoms with van der Waals surface area (Å²) in [5.41, 5.74) is -0.518. The number of nitrogens with zero attached hydrogens (tertiary/aromatic N) is 4.